The van der Waals surface area contributed by atoms with Crippen molar-refractivity contribution in [2.24, 2.45) is 0 Å². The van der Waals surface area contributed by atoms with Crippen LogP contribution in [0.15, 0.2) is 41.0 Å². The molecule has 0 aliphatic rings. The highest BCUT2D eigenvalue weighted by atomic mass is 79.9. The van der Waals surface area contributed by atoms with Crippen molar-refractivity contribution >= 4 is 33.5 Å². The first-order valence-corrected chi connectivity index (χ1v) is 6.62. The molecule has 0 bridgehead atoms. The number of benzene rings is 1. The molecule has 7 heteroatoms. The summed E-state index contributed by atoms with van der Waals surface area (Å²) in [5.74, 6) is -2.02. The van der Waals surface area contributed by atoms with Gasteiger partial charge < -0.3 is 10.1 Å². The van der Waals surface area contributed by atoms with Gasteiger partial charge in [-0.1, -0.05) is 0 Å². The molecule has 0 aliphatic carbocycles. The lowest BCUT2D eigenvalue weighted by molar-refractivity contribution is 0.0595. The van der Waals surface area contributed by atoms with Crippen LogP contribution < -0.4 is 5.32 Å². The number of aromatic nitrogens is 1. The third-order valence-corrected chi connectivity index (χ3v) is 3.24. The predicted octanol–water partition coefficient (Wildman–Crippen LogP) is 3.02. The third-order valence-electron chi connectivity index (χ3n) is 2.60. The number of ether oxygens (including phenoxy) is 1. The molecular weight excluding hydrogens is 343 g/mol. The number of anilines is 1. The standard InChI is InChI=1S/C14H10BrFN2O3/c1-21-14(20)9-7-8(4-5-11(9)16)18-13(19)12-10(15)3-2-6-17-12/h2-7H,1H3,(H,18,19). The number of nitrogens with one attached hydrogen (secondary N) is 1. The number of carbonyl (C=O) groups excluding carboxylic acids is 2. The van der Waals surface area contributed by atoms with Gasteiger partial charge in [0.1, 0.15) is 11.5 Å². The third kappa shape index (κ3) is 3.43. The number of rotatable bonds is 3. The molecule has 0 radical (unpaired) electrons. The summed E-state index contributed by atoms with van der Waals surface area (Å²) in [4.78, 5) is 27.4. The SMILES string of the molecule is COC(=O)c1cc(NC(=O)c2ncccc2Br)ccc1F. The molecule has 2 rings (SSSR count). The molecule has 1 amide bonds. The first-order chi connectivity index (χ1) is 10.0. The van der Waals surface area contributed by atoms with Crippen molar-refractivity contribution in [3.8, 4) is 0 Å². The highest BCUT2D eigenvalue weighted by Gasteiger charge is 2.15. The first-order valence-electron chi connectivity index (χ1n) is 5.82. The number of halogens is 2. The number of amides is 1. The lowest BCUT2D eigenvalue weighted by Crippen LogP contribution is -2.15. The van der Waals surface area contributed by atoms with E-state index in [0.717, 1.165) is 13.2 Å². The van der Waals surface area contributed by atoms with E-state index in [0.29, 0.717) is 4.47 Å². The van der Waals surface area contributed by atoms with E-state index in [-0.39, 0.29) is 16.9 Å². The average Bonchev–Trinajstić information content (AvgIpc) is 2.48. The summed E-state index contributed by atoms with van der Waals surface area (Å²) in [6, 6.07) is 6.97. The van der Waals surface area contributed by atoms with Crippen LogP contribution in [0.5, 0.6) is 0 Å². The number of nitrogens with zero attached hydrogens (tertiary/aromatic N) is 1. The smallest absolute Gasteiger partial charge is 0.340 e. The molecule has 108 valence electrons. The highest BCUT2D eigenvalue weighted by molar-refractivity contribution is 9.10. The summed E-state index contributed by atoms with van der Waals surface area (Å²) in [5, 5.41) is 2.54. The molecule has 21 heavy (non-hydrogen) atoms. The Balaban J connectivity index is 2.26. The van der Waals surface area contributed by atoms with E-state index in [9.17, 15) is 14.0 Å². The van der Waals surface area contributed by atoms with Gasteiger partial charge in [0.05, 0.1) is 12.7 Å². The van der Waals surface area contributed by atoms with Gasteiger partial charge in [-0.25, -0.2) is 14.2 Å². The van der Waals surface area contributed by atoms with Crippen LogP contribution in [0.4, 0.5) is 10.1 Å². The van der Waals surface area contributed by atoms with Crippen LogP contribution >= 0.6 is 15.9 Å². The van der Waals surface area contributed by atoms with E-state index in [1.54, 1.807) is 12.1 Å². The second-order valence-corrected chi connectivity index (χ2v) is 4.83. The van der Waals surface area contributed by atoms with Crippen LogP contribution in [0.3, 0.4) is 0 Å². The second-order valence-electron chi connectivity index (χ2n) is 3.97. The minimum atomic E-state index is -0.817. The number of pyridine rings is 1. The Bertz CT molecular complexity index is 706. The number of esters is 1. The van der Waals surface area contributed by atoms with E-state index in [1.807, 2.05) is 0 Å². The number of hydrogen-bond donors (Lipinski definition) is 1. The maximum absolute atomic E-state index is 13.5. The van der Waals surface area contributed by atoms with E-state index >= 15 is 0 Å². The van der Waals surface area contributed by atoms with Crippen LogP contribution in [0.1, 0.15) is 20.8 Å². The summed E-state index contributed by atoms with van der Waals surface area (Å²) in [7, 11) is 1.15. The Hall–Kier alpha value is -2.28. The van der Waals surface area contributed by atoms with Crippen molar-refractivity contribution in [1.29, 1.82) is 0 Å². The van der Waals surface area contributed by atoms with Crippen LogP contribution in [0.2, 0.25) is 0 Å². The molecule has 0 spiro atoms. The Morgan fingerprint density at radius 3 is 2.76 bits per heavy atom. The van der Waals surface area contributed by atoms with Crippen molar-refractivity contribution < 1.29 is 18.7 Å². The maximum Gasteiger partial charge on any atom is 0.340 e. The van der Waals surface area contributed by atoms with E-state index in [4.69, 9.17) is 0 Å². The van der Waals surface area contributed by atoms with Crippen molar-refractivity contribution in [3.05, 3.63) is 58.1 Å². The fourth-order valence-electron chi connectivity index (χ4n) is 1.61. The molecule has 5 nitrogen and oxygen atoms in total. The van der Waals surface area contributed by atoms with E-state index in [2.05, 4.69) is 31.0 Å². The van der Waals surface area contributed by atoms with Crippen molar-refractivity contribution in [2.75, 3.05) is 12.4 Å². The van der Waals surface area contributed by atoms with Gasteiger partial charge >= 0.3 is 5.97 Å². The fraction of sp³-hybridized carbons (Fsp3) is 0.0714. The van der Waals surface area contributed by atoms with Gasteiger partial charge in [0.15, 0.2) is 0 Å². The van der Waals surface area contributed by atoms with Crippen LogP contribution in [0, 0.1) is 5.82 Å². The van der Waals surface area contributed by atoms with Gasteiger partial charge in [0.2, 0.25) is 0 Å². The molecule has 0 unspecified atom stereocenters. The van der Waals surface area contributed by atoms with Crippen molar-refractivity contribution in [3.63, 3.8) is 0 Å². The summed E-state index contributed by atoms with van der Waals surface area (Å²) in [6.07, 6.45) is 1.48. The van der Waals surface area contributed by atoms with Gasteiger partial charge in [0.25, 0.3) is 5.91 Å². The van der Waals surface area contributed by atoms with Gasteiger partial charge in [-0.2, -0.15) is 0 Å². The Kier molecular flexibility index (Phi) is 4.64. The Morgan fingerprint density at radius 1 is 1.33 bits per heavy atom. The van der Waals surface area contributed by atoms with Crippen LogP contribution in [-0.4, -0.2) is 24.0 Å². The van der Waals surface area contributed by atoms with Crippen LogP contribution in [0.25, 0.3) is 0 Å². The monoisotopic (exact) mass is 352 g/mol. The quantitative estimate of drug-likeness (QED) is 0.862. The molecular formula is C14H10BrFN2O3. The van der Waals surface area contributed by atoms with Crippen molar-refractivity contribution in [2.45, 2.75) is 0 Å². The molecule has 1 N–H and O–H groups in total. The summed E-state index contributed by atoms with van der Waals surface area (Å²) in [6.45, 7) is 0. The van der Waals surface area contributed by atoms with Gasteiger partial charge in [-0.15, -0.1) is 0 Å². The topological polar surface area (TPSA) is 68.3 Å². The summed E-state index contributed by atoms with van der Waals surface area (Å²) < 4.78 is 18.5. The molecule has 0 saturated heterocycles. The number of hydrogen-bond acceptors (Lipinski definition) is 4. The normalized spacial score (nSPS) is 10.0. The molecule has 1 heterocycles. The molecule has 2 aromatic rings. The molecule has 0 aliphatic heterocycles. The van der Waals surface area contributed by atoms with Gasteiger partial charge in [0, 0.05) is 16.4 Å². The maximum atomic E-state index is 13.5. The van der Waals surface area contributed by atoms with Gasteiger partial charge in [-0.3, -0.25) is 4.79 Å². The molecule has 0 fully saturated rings. The summed E-state index contributed by atoms with van der Waals surface area (Å²) in [5.41, 5.74) is 0.191. The number of carbonyl (C=O) groups is 2. The minimum absolute atomic E-state index is 0.182. The highest BCUT2D eigenvalue weighted by Crippen LogP contribution is 2.18. The lowest BCUT2D eigenvalue weighted by Gasteiger charge is -2.08. The number of methoxy groups -OCH3 is 1. The van der Waals surface area contributed by atoms with Crippen molar-refractivity contribution in [1.82, 2.24) is 4.98 Å². The minimum Gasteiger partial charge on any atom is -0.465 e. The zero-order valence-corrected chi connectivity index (χ0v) is 12.5. The average molecular weight is 353 g/mol. The first kappa shape index (κ1) is 15.1. The van der Waals surface area contributed by atoms with Crippen LogP contribution in [-0.2, 0) is 4.74 Å². The van der Waals surface area contributed by atoms with E-state index < -0.39 is 17.7 Å². The predicted molar refractivity (Wildman–Crippen MR) is 77.6 cm³/mol. The zero-order chi connectivity index (χ0) is 15.4. The Labute approximate surface area is 128 Å². The second kappa shape index (κ2) is 6.45. The molecule has 0 atom stereocenters. The van der Waals surface area contributed by atoms with E-state index in [1.165, 1.54) is 18.3 Å². The Morgan fingerprint density at radius 2 is 2.10 bits per heavy atom. The summed E-state index contributed by atoms with van der Waals surface area (Å²) >= 11 is 3.21. The zero-order valence-electron chi connectivity index (χ0n) is 10.9. The fourth-order valence-corrected chi connectivity index (χ4v) is 2.05. The molecule has 1 aromatic carbocycles. The van der Waals surface area contributed by atoms with Gasteiger partial charge in [-0.05, 0) is 46.3 Å². The lowest BCUT2D eigenvalue weighted by atomic mass is 10.2. The molecule has 0 saturated carbocycles. The largest absolute Gasteiger partial charge is 0.465 e. The molecule has 1 aromatic heterocycles.